The predicted octanol–water partition coefficient (Wildman–Crippen LogP) is 2.72. The molecule has 1 aliphatic rings. The van der Waals surface area contributed by atoms with Gasteiger partial charge in [-0.25, -0.2) is 23.1 Å². The van der Waals surface area contributed by atoms with Crippen LogP contribution in [0.25, 0.3) is 22.4 Å². The van der Waals surface area contributed by atoms with Gasteiger partial charge in [0.25, 0.3) is 0 Å². The Balaban J connectivity index is 1.68. The second-order valence-electron chi connectivity index (χ2n) is 6.54. The van der Waals surface area contributed by atoms with Crippen molar-refractivity contribution in [3.05, 3.63) is 66.5 Å². The normalized spacial score (nSPS) is 13.2. The molecule has 29 heavy (non-hydrogen) atoms. The Hall–Kier alpha value is -3.95. The Morgan fingerprint density at radius 1 is 1.00 bits per heavy atom. The number of nitrogens with zero attached hydrogens (tertiary/aromatic N) is 7. The van der Waals surface area contributed by atoms with Crippen LogP contribution in [0.2, 0.25) is 0 Å². The number of hydrogen-bond donors (Lipinski definition) is 1. The Bertz CT molecular complexity index is 1260. The lowest BCUT2D eigenvalue weighted by atomic mass is 10.0. The molecule has 1 aromatic carbocycles. The Kier molecular flexibility index (Phi) is 3.90. The third-order valence-corrected chi connectivity index (χ3v) is 4.66. The maximum absolute atomic E-state index is 13.9. The van der Waals surface area contributed by atoms with Crippen molar-refractivity contribution in [1.82, 2.24) is 29.6 Å². The first-order valence-corrected chi connectivity index (χ1v) is 8.82. The van der Waals surface area contributed by atoms with Crippen molar-refractivity contribution in [2.24, 2.45) is 5.10 Å². The first kappa shape index (κ1) is 17.2. The molecule has 0 spiro atoms. The molecule has 0 atom stereocenters. The lowest BCUT2D eigenvalue weighted by Gasteiger charge is -2.11. The van der Waals surface area contributed by atoms with E-state index in [1.165, 1.54) is 12.4 Å². The van der Waals surface area contributed by atoms with Gasteiger partial charge in [0.15, 0.2) is 23.3 Å². The molecule has 0 aliphatic carbocycles. The van der Waals surface area contributed by atoms with E-state index in [9.17, 15) is 8.78 Å². The standard InChI is InChI=1S/C19H14F2N8/c20-14-2-1-12(7-15(14)21)19-13(11-5-6-23-16(22)8-11)9-28(27-19)18-4-3-17-25-24-10-29(17)26-18/h1-2,5-10H,3-4H2,(H2,22,23). The average molecular weight is 392 g/mol. The maximum Gasteiger partial charge on any atom is 0.159 e. The quantitative estimate of drug-likeness (QED) is 0.565. The summed E-state index contributed by atoms with van der Waals surface area (Å²) in [6.45, 7) is 0. The molecule has 0 amide bonds. The number of halogens is 2. The van der Waals surface area contributed by atoms with Gasteiger partial charge in [0.1, 0.15) is 17.8 Å². The number of nitrogens with two attached hydrogens (primary N) is 1. The minimum atomic E-state index is -0.943. The van der Waals surface area contributed by atoms with Gasteiger partial charge in [-0.1, -0.05) is 0 Å². The third kappa shape index (κ3) is 3.04. The van der Waals surface area contributed by atoms with Gasteiger partial charge in [-0.2, -0.15) is 10.2 Å². The molecule has 10 heteroatoms. The number of rotatable bonds is 2. The minimum Gasteiger partial charge on any atom is -0.384 e. The summed E-state index contributed by atoms with van der Waals surface area (Å²) < 4.78 is 30.5. The van der Waals surface area contributed by atoms with E-state index in [1.807, 2.05) is 0 Å². The van der Waals surface area contributed by atoms with Crippen LogP contribution >= 0.6 is 0 Å². The number of pyridine rings is 1. The summed E-state index contributed by atoms with van der Waals surface area (Å²) in [6.07, 6.45) is 6.17. The number of benzene rings is 1. The van der Waals surface area contributed by atoms with Gasteiger partial charge in [-0.05, 0) is 35.9 Å². The number of anilines is 1. The smallest absolute Gasteiger partial charge is 0.159 e. The van der Waals surface area contributed by atoms with Crippen LogP contribution in [0, 0.1) is 11.6 Å². The second-order valence-corrected chi connectivity index (χ2v) is 6.54. The van der Waals surface area contributed by atoms with Crippen LogP contribution in [0.5, 0.6) is 0 Å². The van der Waals surface area contributed by atoms with Crippen LogP contribution < -0.4 is 5.73 Å². The first-order valence-electron chi connectivity index (χ1n) is 8.82. The van der Waals surface area contributed by atoms with Crippen molar-refractivity contribution in [3.8, 4) is 22.4 Å². The molecule has 0 saturated heterocycles. The van der Waals surface area contributed by atoms with E-state index in [2.05, 4.69) is 25.4 Å². The summed E-state index contributed by atoms with van der Waals surface area (Å²) in [6, 6.07) is 7.17. The highest BCUT2D eigenvalue weighted by molar-refractivity contribution is 5.89. The van der Waals surface area contributed by atoms with Crippen LogP contribution in [-0.2, 0) is 6.42 Å². The van der Waals surface area contributed by atoms with Crippen molar-refractivity contribution in [2.45, 2.75) is 12.8 Å². The fraction of sp³-hybridized carbons (Fsp3) is 0.105. The van der Waals surface area contributed by atoms with Crippen molar-refractivity contribution in [1.29, 1.82) is 0 Å². The van der Waals surface area contributed by atoms with E-state index in [-0.39, 0.29) is 0 Å². The van der Waals surface area contributed by atoms with E-state index in [0.717, 1.165) is 23.5 Å². The number of aromatic nitrogens is 6. The van der Waals surface area contributed by atoms with E-state index in [1.54, 1.807) is 33.9 Å². The number of fused-ring (bicyclic) bond motifs is 1. The Morgan fingerprint density at radius 3 is 2.72 bits per heavy atom. The van der Waals surface area contributed by atoms with E-state index in [4.69, 9.17) is 5.73 Å². The molecule has 0 saturated carbocycles. The van der Waals surface area contributed by atoms with Crippen molar-refractivity contribution >= 4 is 11.7 Å². The van der Waals surface area contributed by atoms with Crippen LogP contribution in [0.4, 0.5) is 14.6 Å². The maximum atomic E-state index is 13.9. The first-order chi connectivity index (χ1) is 14.1. The van der Waals surface area contributed by atoms with Crippen LogP contribution in [0.15, 0.2) is 54.2 Å². The summed E-state index contributed by atoms with van der Waals surface area (Å²) >= 11 is 0. The van der Waals surface area contributed by atoms with Crippen molar-refractivity contribution < 1.29 is 8.78 Å². The summed E-state index contributed by atoms with van der Waals surface area (Å²) in [5, 5.41) is 17.0. The average Bonchev–Trinajstić information content (AvgIpc) is 3.36. The third-order valence-electron chi connectivity index (χ3n) is 4.66. The zero-order valence-electron chi connectivity index (χ0n) is 15.0. The second kappa shape index (κ2) is 6.59. The lowest BCUT2D eigenvalue weighted by molar-refractivity contribution is 0.509. The Labute approximate surface area is 163 Å². The summed E-state index contributed by atoms with van der Waals surface area (Å²) in [7, 11) is 0. The topological polar surface area (TPSA) is 99.8 Å². The molecular formula is C19H14F2N8. The van der Waals surface area contributed by atoms with Gasteiger partial charge >= 0.3 is 0 Å². The molecule has 4 heterocycles. The molecule has 0 fully saturated rings. The molecular weight excluding hydrogens is 378 g/mol. The monoisotopic (exact) mass is 392 g/mol. The fourth-order valence-corrected chi connectivity index (χ4v) is 3.25. The molecule has 0 bridgehead atoms. The van der Waals surface area contributed by atoms with Gasteiger partial charge in [0, 0.05) is 36.4 Å². The highest BCUT2D eigenvalue weighted by Crippen LogP contribution is 2.32. The highest BCUT2D eigenvalue weighted by Gasteiger charge is 2.20. The van der Waals surface area contributed by atoms with Gasteiger partial charge in [0.2, 0.25) is 0 Å². The number of aryl methyl sites for hydroxylation is 1. The molecule has 1 aliphatic heterocycles. The zero-order valence-corrected chi connectivity index (χ0v) is 15.0. The van der Waals surface area contributed by atoms with Gasteiger partial charge < -0.3 is 5.73 Å². The van der Waals surface area contributed by atoms with Crippen molar-refractivity contribution in [3.63, 3.8) is 0 Å². The SMILES string of the molecule is Nc1cc(-c2cn(C3=Nn4cnnc4CC3)nc2-c2ccc(F)c(F)c2)ccn1. The lowest BCUT2D eigenvalue weighted by Crippen LogP contribution is -2.20. The van der Waals surface area contributed by atoms with Gasteiger partial charge in [-0.15, -0.1) is 10.2 Å². The molecule has 0 unspecified atom stereocenters. The van der Waals surface area contributed by atoms with Gasteiger partial charge in [-0.3, -0.25) is 0 Å². The van der Waals surface area contributed by atoms with Crippen LogP contribution in [0.3, 0.4) is 0 Å². The number of hydrogen-bond acceptors (Lipinski definition) is 6. The summed E-state index contributed by atoms with van der Waals surface area (Å²) in [5.74, 6) is -0.0741. The van der Waals surface area contributed by atoms with Crippen LogP contribution in [-0.4, -0.2) is 35.5 Å². The van der Waals surface area contributed by atoms with Gasteiger partial charge in [0.05, 0.1) is 0 Å². The molecule has 2 N–H and O–H groups in total. The summed E-state index contributed by atoms with van der Waals surface area (Å²) in [5.41, 5.74) is 8.20. The molecule has 4 aromatic rings. The number of nitrogen functional groups attached to an aromatic ring is 1. The molecule has 8 nitrogen and oxygen atoms in total. The minimum absolute atomic E-state index is 0.343. The molecule has 5 rings (SSSR count). The molecule has 0 radical (unpaired) electrons. The Morgan fingerprint density at radius 2 is 1.90 bits per heavy atom. The van der Waals surface area contributed by atoms with Crippen molar-refractivity contribution in [2.75, 3.05) is 5.73 Å². The zero-order chi connectivity index (χ0) is 20.0. The highest BCUT2D eigenvalue weighted by atomic mass is 19.2. The largest absolute Gasteiger partial charge is 0.384 e. The molecule has 3 aromatic heterocycles. The predicted molar refractivity (Wildman–Crippen MR) is 102 cm³/mol. The van der Waals surface area contributed by atoms with E-state index < -0.39 is 11.6 Å². The van der Waals surface area contributed by atoms with E-state index >= 15 is 0 Å². The summed E-state index contributed by atoms with van der Waals surface area (Å²) in [4.78, 5) is 4.01. The molecule has 144 valence electrons. The van der Waals surface area contributed by atoms with Crippen LogP contribution in [0.1, 0.15) is 12.2 Å². The van der Waals surface area contributed by atoms with E-state index in [0.29, 0.717) is 41.3 Å². The fourth-order valence-electron chi connectivity index (χ4n) is 3.25.